The van der Waals surface area contributed by atoms with E-state index in [1.807, 2.05) is 0 Å². The summed E-state index contributed by atoms with van der Waals surface area (Å²) < 4.78 is 0. The number of hydrogen-bond acceptors (Lipinski definition) is 4. The topological polar surface area (TPSA) is 80.9 Å². The Morgan fingerprint density at radius 3 is 2.12 bits per heavy atom. The zero-order chi connectivity index (χ0) is 24.9. The largest absolute Gasteiger partial charge is 0.396 e. The fourth-order valence-corrected chi connectivity index (χ4v) is 11.0. The second-order valence-electron chi connectivity index (χ2n) is 14.9. The summed E-state index contributed by atoms with van der Waals surface area (Å²) in [5.74, 6) is 1.20. The first kappa shape index (κ1) is 25.2. The standard InChI is InChI=1S/C30H50O4/c1-26(2)20-8-7-18-16-27(3)12-9-21-28(4,13-11-24(34)30(21,6)17-31)22(27)15-19(32)25(18)29(20,5)14-10-23(26)33/h7,19-25,31-34H,8-17H2,1-6H3/t19-,20+,21-,22+,23-,24-,25-,27+,28+,29+,30-/m1/s1. The molecule has 0 unspecified atom stereocenters. The highest BCUT2D eigenvalue weighted by Gasteiger charge is 2.65. The Bertz CT molecular complexity index is 851. The predicted octanol–water partition coefficient (Wildman–Crippen LogP) is 5.08. The molecule has 5 rings (SSSR count). The van der Waals surface area contributed by atoms with Gasteiger partial charge in [0.05, 0.1) is 24.9 Å². The number of rotatable bonds is 1. The van der Waals surface area contributed by atoms with Gasteiger partial charge in [0.2, 0.25) is 0 Å². The molecule has 0 aliphatic heterocycles. The van der Waals surface area contributed by atoms with Crippen LogP contribution >= 0.6 is 0 Å². The van der Waals surface area contributed by atoms with E-state index in [1.54, 1.807) is 0 Å². The van der Waals surface area contributed by atoms with Crippen LogP contribution in [0.5, 0.6) is 0 Å². The van der Waals surface area contributed by atoms with Crippen LogP contribution in [-0.4, -0.2) is 45.3 Å². The fourth-order valence-electron chi connectivity index (χ4n) is 11.0. The number of fused-ring (bicyclic) bond motifs is 6. The highest BCUT2D eigenvalue weighted by Crippen LogP contribution is 2.70. The summed E-state index contributed by atoms with van der Waals surface area (Å²) in [6, 6.07) is 0. The molecule has 4 saturated carbocycles. The molecule has 4 heteroatoms. The monoisotopic (exact) mass is 474 g/mol. The van der Waals surface area contributed by atoms with E-state index in [0.717, 1.165) is 57.8 Å². The first-order valence-electron chi connectivity index (χ1n) is 14.1. The lowest BCUT2D eigenvalue weighted by molar-refractivity contribution is -0.193. The maximum Gasteiger partial charge on any atom is 0.0618 e. The molecule has 0 amide bonds. The summed E-state index contributed by atoms with van der Waals surface area (Å²) in [6.45, 7) is 13.9. The second-order valence-corrected chi connectivity index (χ2v) is 14.9. The van der Waals surface area contributed by atoms with E-state index in [9.17, 15) is 20.4 Å². The highest BCUT2D eigenvalue weighted by atomic mass is 16.3. The van der Waals surface area contributed by atoms with Gasteiger partial charge >= 0.3 is 0 Å². The minimum Gasteiger partial charge on any atom is -0.396 e. The summed E-state index contributed by atoms with van der Waals surface area (Å²) in [7, 11) is 0. The maximum atomic E-state index is 12.0. The van der Waals surface area contributed by atoms with Crippen LogP contribution in [0.15, 0.2) is 11.6 Å². The van der Waals surface area contributed by atoms with E-state index in [1.165, 1.54) is 5.57 Å². The van der Waals surface area contributed by atoms with Gasteiger partial charge < -0.3 is 20.4 Å². The molecule has 0 bridgehead atoms. The van der Waals surface area contributed by atoms with Crippen LogP contribution in [-0.2, 0) is 0 Å². The van der Waals surface area contributed by atoms with Gasteiger partial charge in [-0.2, -0.15) is 0 Å². The average molecular weight is 475 g/mol. The Kier molecular flexibility index (Phi) is 5.78. The molecule has 5 aliphatic carbocycles. The van der Waals surface area contributed by atoms with Crippen molar-refractivity contribution in [2.75, 3.05) is 6.61 Å². The lowest BCUT2D eigenvalue weighted by Crippen LogP contribution is -2.60. The quantitative estimate of drug-likeness (QED) is 0.399. The van der Waals surface area contributed by atoms with Crippen molar-refractivity contribution in [1.82, 2.24) is 0 Å². The van der Waals surface area contributed by atoms with Gasteiger partial charge in [0, 0.05) is 11.3 Å². The molecule has 0 aromatic rings. The maximum absolute atomic E-state index is 12.0. The highest BCUT2D eigenvalue weighted by molar-refractivity contribution is 5.27. The van der Waals surface area contributed by atoms with Crippen molar-refractivity contribution >= 4 is 0 Å². The first-order chi connectivity index (χ1) is 15.7. The number of hydrogen-bond donors (Lipinski definition) is 4. The van der Waals surface area contributed by atoms with Crippen molar-refractivity contribution in [3.05, 3.63) is 11.6 Å². The summed E-state index contributed by atoms with van der Waals surface area (Å²) >= 11 is 0. The van der Waals surface area contributed by atoms with Gasteiger partial charge in [-0.25, -0.2) is 0 Å². The molecule has 4 nitrogen and oxygen atoms in total. The fraction of sp³-hybridized carbons (Fsp3) is 0.933. The normalized spacial score (nSPS) is 56.8. The average Bonchev–Trinajstić information content (AvgIpc) is 2.88. The van der Waals surface area contributed by atoms with Crippen LogP contribution < -0.4 is 0 Å². The van der Waals surface area contributed by atoms with Crippen molar-refractivity contribution in [2.24, 2.45) is 50.7 Å². The Hall–Kier alpha value is -0.420. The zero-order valence-corrected chi connectivity index (χ0v) is 22.5. The van der Waals surface area contributed by atoms with Gasteiger partial charge in [-0.05, 0) is 97.2 Å². The number of aliphatic hydroxyl groups is 4. The second kappa shape index (κ2) is 7.79. The number of allylic oxidation sites excluding steroid dienone is 1. The minimum absolute atomic E-state index is 0.0127. The van der Waals surface area contributed by atoms with Crippen molar-refractivity contribution in [1.29, 1.82) is 0 Å². The van der Waals surface area contributed by atoms with Crippen molar-refractivity contribution in [3.63, 3.8) is 0 Å². The van der Waals surface area contributed by atoms with Crippen LogP contribution in [0.4, 0.5) is 0 Å². The van der Waals surface area contributed by atoms with E-state index < -0.39 is 11.5 Å². The van der Waals surface area contributed by atoms with E-state index in [0.29, 0.717) is 11.8 Å². The smallest absolute Gasteiger partial charge is 0.0618 e. The summed E-state index contributed by atoms with van der Waals surface area (Å²) in [5.41, 5.74) is 1.04. The molecule has 5 aliphatic rings. The SMILES string of the molecule is CC1(C)[C@H](O)CC[C@]2(C)[C@@H]3C(=CC[C@@H]12)C[C@]1(C)CC[C@@H]2[C@](C)(CC[C@@H](O)[C@]2(C)CO)[C@H]1C[C@H]3O. The molecule has 11 atom stereocenters. The molecule has 4 fully saturated rings. The van der Waals surface area contributed by atoms with Crippen molar-refractivity contribution in [3.8, 4) is 0 Å². The Morgan fingerprint density at radius 1 is 0.794 bits per heavy atom. The lowest BCUT2D eigenvalue weighted by atomic mass is 9.42. The molecular formula is C30H50O4. The van der Waals surface area contributed by atoms with Crippen LogP contribution in [0.3, 0.4) is 0 Å². The third-order valence-electron chi connectivity index (χ3n) is 13.0. The molecule has 0 radical (unpaired) electrons. The Balaban J connectivity index is 1.54. The Labute approximate surface area is 207 Å². The van der Waals surface area contributed by atoms with Crippen LogP contribution in [0, 0.1) is 50.7 Å². The molecule has 0 aromatic heterocycles. The summed E-state index contributed by atoms with van der Waals surface area (Å²) in [6.07, 6.45) is 9.92. The van der Waals surface area contributed by atoms with Gasteiger partial charge in [0.1, 0.15) is 0 Å². The third kappa shape index (κ3) is 3.17. The first-order valence-corrected chi connectivity index (χ1v) is 14.1. The van der Waals surface area contributed by atoms with Gasteiger partial charge in [-0.3, -0.25) is 0 Å². The van der Waals surface area contributed by atoms with Gasteiger partial charge in [-0.1, -0.05) is 53.2 Å². The minimum atomic E-state index is -0.460. The third-order valence-corrected chi connectivity index (χ3v) is 13.0. The molecule has 34 heavy (non-hydrogen) atoms. The van der Waals surface area contributed by atoms with E-state index in [4.69, 9.17) is 0 Å². The molecular weight excluding hydrogens is 424 g/mol. The van der Waals surface area contributed by atoms with Crippen molar-refractivity contribution in [2.45, 2.75) is 118 Å². The summed E-state index contributed by atoms with van der Waals surface area (Å²) in [4.78, 5) is 0. The van der Waals surface area contributed by atoms with Gasteiger partial charge in [-0.15, -0.1) is 0 Å². The van der Waals surface area contributed by atoms with Crippen LogP contribution in [0.25, 0.3) is 0 Å². The van der Waals surface area contributed by atoms with Crippen LogP contribution in [0.2, 0.25) is 0 Å². The van der Waals surface area contributed by atoms with E-state index >= 15 is 0 Å². The van der Waals surface area contributed by atoms with Crippen molar-refractivity contribution < 1.29 is 20.4 Å². The van der Waals surface area contributed by atoms with Gasteiger partial charge in [0.15, 0.2) is 0 Å². The molecule has 0 spiro atoms. The Morgan fingerprint density at radius 2 is 1.44 bits per heavy atom. The molecule has 4 N–H and O–H groups in total. The van der Waals surface area contributed by atoms with Crippen LogP contribution in [0.1, 0.15) is 99.3 Å². The number of aliphatic hydroxyl groups excluding tert-OH is 4. The van der Waals surface area contributed by atoms with Gasteiger partial charge in [0.25, 0.3) is 0 Å². The van der Waals surface area contributed by atoms with E-state index in [-0.39, 0.29) is 52.3 Å². The molecule has 0 heterocycles. The molecule has 0 saturated heterocycles. The van der Waals surface area contributed by atoms with E-state index in [2.05, 4.69) is 47.6 Å². The summed E-state index contributed by atoms with van der Waals surface area (Å²) in [5, 5.41) is 44.2. The molecule has 0 aromatic carbocycles. The predicted molar refractivity (Wildman–Crippen MR) is 135 cm³/mol. The lowest BCUT2D eigenvalue weighted by Gasteiger charge is -2.64. The molecule has 194 valence electrons. The zero-order valence-electron chi connectivity index (χ0n) is 22.5.